The first-order valence-corrected chi connectivity index (χ1v) is 8.72. The molecule has 142 valence electrons. The van der Waals surface area contributed by atoms with E-state index in [1.54, 1.807) is 0 Å². The lowest BCUT2D eigenvalue weighted by molar-refractivity contribution is -0.0500. The van der Waals surface area contributed by atoms with Gasteiger partial charge in [0.05, 0.1) is 6.61 Å². The normalized spacial score (nSPS) is 12.2. The van der Waals surface area contributed by atoms with Gasteiger partial charge < -0.3 is 13.3 Å². The number of fused-ring (bicyclic) bond motifs is 1. The molecule has 2 aromatic rings. The molecule has 0 atom stereocenters. The van der Waals surface area contributed by atoms with Gasteiger partial charge in [-0.1, -0.05) is 13.3 Å². The molecule has 26 heavy (non-hydrogen) atoms. The Morgan fingerprint density at radius 1 is 1.23 bits per heavy atom. The maximum Gasteiger partial charge on any atom is 0.534 e. The van der Waals surface area contributed by atoms with E-state index in [1.807, 2.05) is 6.92 Å². The largest absolute Gasteiger partial charge is 0.534 e. The molecule has 1 aromatic carbocycles. The molecule has 0 unspecified atom stereocenters. The minimum Gasteiger partial charge on any atom is -0.462 e. The number of hydrogen-bond donors (Lipinski definition) is 0. The molecule has 0 saturated carbocycles. The topological polar surface area (TPSA) is 99.9 Å². The van der Waals surface area contributed by atoms with E-state index in [1.165, 1.54) is 0 Å². The van der Waals surface area contributed by atoms with Crippen molar-refractivity contribution < 1.29 is 39.7 Å². The number of rotatable bonds is 6. The average Bonchev–Trinajstić information content (AvgIpc) is 2.52. The Bertz CT molecular complexity index is 977. The van der Waals surface area contributed by atoms with E-state index in [-0.39, 0.29) is 23.1 Å². The molecular weight excluding hydrogens is 381 g/mol. The number of carbonyl (C=O) groups excluding carboxylic acids is 1. The minimum absolute atomic E-state index is 0.120. The molecule has 0 amide bonds. The standard InChI is InChI=1S/C15H13F3O7S/c1-2-3-6-23-13(19)11-7-9-4-5-10(8-12(9)24-14(11)20)25-26(21,22)15(16,17)18/h4-5,7-8H,2-3,6H2,1H3. The molecule has 1 aromatic heterocycles. The molecule has 0 bridgehead atoms. The summed E-state index contributed by atoms with van der Waals surface area (Å²) in [4.78, 5) is 23.7. The molecule has 1 heterocycles. The van der Waals surface area contributed by atoms with E-state index in [4.69, 9.17) is 9.15 Å². The number of carbonyl (C=O) groups is 1. The highest BCUT2D eigenvalue weighted by atomic mass is 32.2. The second kappa shape index (κ2) is 7.36. The van der Waals surface area contributed by atoms with Crippen LogP contribution in [0.2, 0.25) is 0 Å². The van der Waals surface area contributed by atoms with Crippen LogP contribution in [0.4, 0.5) is 13.2 Å². The van der Waals surface area contributed by atoms with Crippen molar-refractivity contribution in [1.29, 1.82) is 0 Å². The molecule has 11 heteroatoms. The molecule has 0 radical (unpaired) electrons. The SMILES string of the molecule is CCCCOC(=O)c1cc2ccc(OS(=O)(=O)C(F)(F)F)cc2oc1=O. The fourth-order valence-corrected chi connectivity index (χ4v) is 2.30. The van der Waals surface area contributed by atoms with Gasteiger partial charge in [-0.05, 0) is 24.6 Å². The fraction of sp³-hybridized carbons (Fsp3) is 0.333. The number of halogens is 3. The molecule has 2 rings (SSSR count). The van der Waals surface area contributed by atoms with E-state index in [0.29, 0.717) is 6.42 Å². The minimum atomic E-state index is -5.86. The highest BCUT2D eigenvalue weighted by Gasteiger charge is 2.48. The summed E-state index contributed by atoms with van der Waals surface area (Å²) in [7, 11) is -5.86. The van der Waals surface area contributed by atoms with Crippen LogP contribution in [0.15, 0.2) is 33.5 Å². The zero-order chi connectivity index (χ0) is 19.5. The summed E-state index contributed by atoms with van der Waals surface area (Å²) in [6.07, 6.45) is 1.39. The van der Waals surface area contributed by atoms with Gasteiger partial charge >= 0.3 is 27.2 Å². The Morgan fingerprint density at radius 2 is 1.92 bits per heavy atom. The third-order valence-electron chi connectivity index (χ3n) is 3.15. The highest BCUT2D eigenvalue weighted by Crippen LogP contribution is 2.28. The molecule has 0 N–H and O–H groups in total. The van der Waals surface area contributed by atoms with Gasteiger partial charge in [-0.15, -0.1) is 0 Å². The first-order chi connectivity index (χ1) is 12.0. The van der Waals surface area contributed by atoms with Gasteiger partial charge in [0, 0.05) is 11.5 Å². The zero-order valence-corrected chi connectivity index (χ0v) is 14.1. The molecule has 0 aliphatic heterocycles. The van der Waals surface area contributed by atoms with Crippen LogP contribution in [0, 0.1) is 0 Å². The Labute approximate surface area is 145 Å². The maximum atomic E-state index is 12.3. The smallest absolute Gasteiger partial charge is 0.462 e. The third kappa shape index (κ3) is 4.34. The summed E-state index contributed by atoms with van der Waals surface area (Å²) in [6.45, 7) is 2.01. The van der Waals surface area contributed by atoms with Gasteiger partial charge in [-0.3, -0.25) is 0 Å². The van der Waals surface area contributed by atoms with Crippen LogP contribution in [0.1, 0.15) is 30.1 Å². The Hall–Kier alpha value is -2.56. The van der Waals surface area contributed by atoms with Crippen molar-refractivity contribution >= 4 is 27.1 Å². The molecule has 0 saturated heterocycles. The third-order valence-corrected chi connectivity index (χ3v) is 4.13. The van der Waals surface area contributed by atoms with Gasteiger partial charge in [-0.25, -0.2) is 9.59 Å². The zero-order valence-electron chi connectivity index (χ0n) is 13.3. The summed E-state index contributed by atoms with van der Waals surface area (Å²) in [5.41, 5.74) is -7.32. The number of benzene rings is 1. The van der Waals surface area contributed by atoms with Crippen molar-refractivity contribution in [2.75, 3.05) is 6.61 Å². The Kier molecular flexibility index (Phi) is 5.59. The van der Waals surface area contributed by atoms with Crippen LogP contribution in [0.5, 0.6) is 5.75 Å². The summed E-state index contributed by atoms with van der Waals surface area (Å²) in [5, 5.41) is 0.170. The van der Waals surface area contributed by atoms with E-state index >= 15 is 0 Å². The summed E-state index contributed by atoms with van der Waals surface area (Å²) < 4.78 is 72.7. The number of hydrogen-bond acceptors (Lipinski definition) is 7. The average molecular weight is 394 g/mol. The van der Waals surface area contributed by atoms with E-state index < -0.39 is 33.0 Å². The van der Waals surface area contributed by atoms with Crippen LogP contribution in [0.25, 0.3) is 11.0 Å². The van der Waals surface area contributed by atoms with Gasteiger partial charge in [-0.2, -0.15) is 21.6 Å². The predicted molar refractivity (Wildman–Crippen MR) is 83.3 cm³/mol. The van der Waals surface area contributed by atoms with Gasteiger partial charge in [0.15, 0.2) is 0 Å². The number of esters is 1. The van der Waals surface area contributed by atoms with Crippen LogP contribution in [-0.4, -0.2) is 26.5 Å². The van der Waals surface area contributed by atoms with E-state index in [9.17, 15) is 31.2 Å². The van der Waals surface area contributed by atoms with Crippen molar-refractivity contribution in [3.8, 4) is 5.75 Å². The molecular formula is C15H13F3O7S. The molecule has 0 spiro atoms. The summed E-state index contributed by atoms with van der Waals surface area (Å²) >= 11 is 0. The van der Waals surface area contributed by atoms with Crippen LogP contribution in [-0.2, 0) is 14.9 Å². The highest BCUT2D eigenvalue weighted by molar-refractivity contribution is 7.88. The van der Waals surface area contributed by atoms with Crippen LogP contribution < -0.4 is 9.81 Å². The van der Waals surface area contributed by atoms with Crippen molar-refractivity contribution in [3.63, 3.8) is 0 Å². The molecule has 0 aliphatic rings. The molecule has 0 aliphatic carbocycles. The predicted octanol–water partition coefficient (Wildman–Crippen LogP) is 2.98. The fourth-order valence-electron chi connectivity index (χ4n) is 1.85. The molecule has 7 nitrogen and oxygen atoms in total. The summed E-state index contributed by atoms with van der Waals surface area (Å²) in [6, 6.07) is 4.00. The van der Waals surface area contributed by atoms with Crippen LogP contribution in [0.3, 0.4) is 0 Å². The van der Waals surface area contributed by atoms with E-state index in [0.717, 1.165) is 30.7 Å². The first-order valence-electron chi connectivity index (χ1n) is 7.31. The van der Waals surface area contributed by atoms with Crippen molar-refractivity contribution in [2.45, 2.75) is 25.3 Å². The number of ether oxygens (including phenoxy) is 1. The van der Waals surface area contributed by atoms with Crippen molar-refractivity contribution in [2.24, 2.45) is 0 Å². The lowest BCUT2D eigenvalue weighted by Crippen LogP contribution is -2.28. The van der Waals surface area contributed by atoms with Gasteiger partial charge in [0.2, 0.25) is 0 Å². The monoisotopic (exact) mass is 394 g/mol. The van der Waals surface area contributed by atoms with E-state index in [2.05, 4.69) is 4.18 Å². The number of unbranched alkanes of at least 4 members (excludes halogenated alkanes) is 1. The van der Waals surface area contributed by atoms with Gasteiger partial charge in [0.1, 0.15) is 16.9 Å². The second-order valence-electron chi connectivity index (χ2n) is 5.12. The summed E-state index contributed by atoms with van der Waals surface area (Å²) in [5.74, 6) is -1.59. The Morgan fingerprint density at radius 3 is 2.54 bits per heavy atom. The first kappa shape index (κ1) is 19.8. The molecule has 0 fully saturated rings. The second-order valence-corrected chi connectivity index (χ2v) is 6.66. The van der Waals surface area contributed by atoms with Gasteiger partial charge in [0.25, 0.3) is 0 Å². The van der Waals surface area contributed by atoms with Crippen molar-refractivity contribution in [3.05, 3.63) is 40.2 Å². The Balaban J connectivity index is 2.33. The lowest BCUT2D eigenvalue weighted by atomic mass is 10.2. The quantitative estimate of drug-likeness (QED) is 0.244. The van der Waals surface area contributed by atoms with Crippen molar-refractivity contribution in [1.82, 2.24) is 0 Å². The van der Waals surface area contributed by atoms with Crippen LogP contribution >= 0.6 is 0 Å². The number of alkyl halides is 3. The maximum absolute atomic E-state index is 12.3. The lowest BCUT2D eigenvalue weighted by Gasteiger charge is -2.09.